The SMILES string of the molecule is O=C(c1cc2c(ccc3ccccc32)oc1=O)N1CCC(c2nc3ccccc3s2)CC1. The van der Waals surface area contributed by atoms with Crippen LogP contribution in [0.25, 0.3) is 32.0 Å². The fourth-order valence-corrected chi connectivity index (χ4v) is 5.72. The van der Waals surface area contributed by atoms with E-state index in [1.165, 1.54) is 4.70 Å². The van der Waals surface area contributed by atoms with Crippen molar-refractivity contribution in [2.45, 2.75) is 18.8 Å². The van der Waals surface area contributed by atoms with Crippen molar-refractivity contribution in [3.05, 3.63) is 87.7 Å². The molecule has 1 saturated heterocycles. The highest BCUT2D eigenvalue weighted by Gasteiger charge is 2.28. The van der Waals surface area contributed by atoms with E-state index in [9.17, 15) is 9.59 Å². The van der Waals surface area contributed by atoms with Gasteiger partial charge in [0.25, 0.3) is 5.91 Å². The molecule has 0 aliphatic carbocycles. The number of para-hydroxylation sites is 1. The second kappa shape index (κ2) is 7.57. The van der Waals surface area contributed by atoms with Crippen LogP contribution >= 0.6 is 11.3 Å². The van der Waals surface area contributed by atoms with Gasteiger partial charge in [-0.2, -0.15) is 0 Å². The summed E-state index contributed by atoms with van der Waals surface area (Å²) in [5, 5.41) is 3.94. The molecular weight excluding hydrogens is 420 g/mol. The van der Waals surface area contributed by atoms with Gasteiger partial charge in [0.1, 0.15) is 11.1 Å². The molecule has 5 nitrogen and oxygen atoms in total. The van der Waals surface area contributed by atoms with Crippen LogP contribution in [0.3, 0.4) is 0 Å². The lowest BCUT2D eigenvalue weighted by Crippen LogP contribution is -2.39. The maximum atomic E-state index is 13.2. The molecule has 1 aliphatic rings. The summed E-state index contributed by atoms with van der Waals surface area (Å²) in [7, 11) is 0. The summed E-state index contributed by atoms with van der Waals surface area (Å²) in [6.45, 7) is 1.21. The molecule has 2 aromatic heterocycles. The molecule has 0 radical (unpaired) electrons. The molecule has 0 N–H and O–H groups in total. The van der Waals surface area contributed by atoms with Gasteiger partial charge in [-0.3, -0.25) is 4.79 Å². The summed E-state index contributed by atoms with van der Waals surface area (Å²) in [5.74, 6) is 0.0877. The van der Waals surface area contributed by atoms with Gasteiger partial charge >= 0.3 is 5.63 Å². The number of likely N-dealkylation sites (tertiary alicyclic amines) is 1. The zero-order valence-corrected chi connectivity index (χ0v) is 18.1. The van der Waals surface area contributed by atoms with Crippen LogP contribution in [0.5, 0.6) is 0 Å². The van der Waals surface area contributed by atoms with E-state index in [1.807, 2.05) is 48.5 Å². The van der Waals surface area contributed by atoms with Crippen LogP contribution in [-0.2, 0) is 0 Å². The monoisotopic (exact) mass is 440 g/mol. The maximum Gasteiger partial charge on any atom is 0.349 e. The van der Waals surface area contributed by atoms with Crippen molar-refractivity contribution in [1.82, 2.24) is 9.88 Å². The van der Waals surface area contributed by atoms with E-state index in [4.69, 9.17) is 9.40 Å². The average molecular weight is 441 g/mol. The second-order valence-corrected chi connectivity index (χ2v) is 9.29. The van der Waals surface area contributed by atoms with Crippen LogP contribution in [0, 0.1) is 0 Å². The Balaban J connectivity index is 1.27. The van der Waals surface area contributed by atoms with Gasteiger partial charge in [0.15, 0.2) is 0 Å². The number of benzene rings is 3. The minimum atomic E-state index is -0.578. The zero-order chi connectivity index (χ0) is 21.7. The first-order valence-corrected chi connectivity index (χ1v) is 11.6. The lowest BCUT2D eigenvalue weighted by Gasteiger charge is -2.30. The fraction of sp³-hybridized carbons (Fsp3) is 0.192. The number of rotatable bonds is 2. The van der Waals surface area contributed by atoms with Crippen molar-refractivity contribution >= 4 is 49.2 Å². The minimum absolute atomic E-state index is 0.104. The van der Waals surface area contributed by atoms with Crippen molar-refractivity contribution in [3.63, 3.8) is 0 Å². The van der Waals surface area contributed by atoms with E-state index in [-0.39, 0.29) is 11.5 Å². The van der Waals surface area contributed by atoms with Gasteiger partial charge in [-0.25, -0.2) is 9.78 Å². The van der Waals surface area contributed by atoms with Crippen molar-refractivity contribution in [2.75, 3.05) is 13.1 Å². The summed E-state index contributed by atoms with van der Waals surface area (Å²) in [5.41, 5.74) is 1.06. The first-order chi connectivity index (χ1) is 15.7. The molecule has 0 bridgehead atoms. The molecular formula is C26H20N2O3S. The van der Waals surface area contributed by atoms with Gasteiger partial charge in [-0.15, -0.1) is 11.3 Å². The molecule has 1 amide bonds. The molecule has 6 rings (SSSR count). The van der Waals surface area contributed by atoms with Crippen LogP contribution in [-0.4, -0.2) is 28.9 Å². The van der Waals surface area contributed by atoms with E-state index < -0.39 is 5.63 Å². The average Bonchev–Trinajstić information content (AvgIpc) is 3.27. The Kier molecular flexibility index (Phi) is 4.54. The first kappa shape index (κ1) is 19.2. The van der Waals surface area contributed by atoms with Crippen LogP contribution < -0.4 is 5.63 Å². The molecule has 0 unspecified atom stereocenters. The Morgan fingerprint density at radius 1 is 0.969 bits per heavy atom. The summed E-state index contributed by atoms with van der Waals surface area (Å²) >= 11 is 1.74. The number of carbonyl (C=O) groups is 1. The Morgan fingerprint density at radius 2 is 1.75 bits per heavy atom. The Labute approximate surface area is 187 Å². The quantitative estimate of drug-likeness (QED) is 0.266. The van der Waals surface area contributed by atoms with E-state index in [1.54, 1.807) is 28.4 Å². The van der Waals surface area contributed by atoms with E-state index >= 15 is 0 Å². The highest BCUT2D eigenvalue weighted by molar-refractivity contribution is 7.18. The number of amides is 1. The third-order valence-electron chi connectivity index (χ3n) is 6.31. The van der Waals surface area contributed by atoms with Crippen LogP contribution in [0.1, 0.15) is 34.1 Å². The van der Waals surface area contributed by atoms with Crippen LogP contribution in [0.4, 0.5) is 0 Å². The number of hydrogen-bond acceptors (Lipinski definition) is 5. The molecule has 3 heterocycles. The molecule has 0 spiro atoms. The molecule has 158 valence electrons. The summed E-state index contributed by atoms with van der Waals surface area (Å²) in [4.78, 5) is 32.4. The van der Waals surface area contributed by atoms with Gasteiger partial charge in [0, 0.05) is 24.4 Å². The third-order valence-corrected chi connectivity index (χ3v) is 7.51. The zero-order valence-electron chi connectivity index (χ0n) is 17.3. The number of thiazole rings is 1. The summed E-state index contributed by atoms with van der Waals surface area (Å²) in [6, 6.07) is 21.5. The number of piperidine rings is 1. The van der Waals surface area contributed by atoms with E-state index in [2.05, 4.69) is 6.07 Å². The fourth-order valence-electron chi connectivity index (χ4n) is 4.59. The van der Waals surface area contributed by atoms with E-state index in [0.29, 0.717) is 24.6 Å². The Morgan fingerprint density at radius 3 is 2.59 bits per heavy atom. The number of hydrogen-bond donors (Lipinski definition) is 0. The van der Waals surface area contributed by atoms with Crippen molar-refractivity contribution in [1.29, 1.82) is 0 Å². The predicted molar refractivity (Wildman–Crippen MR) is 127 cm³/mol. The molecule has 0 atom stereocenters. The van der Waals surface area contributed by atoms with Gasteiger partial charge in [-0.1, -0.05) is 42.5 Å². The van der Waals surface area contributed by atoms with Crippen molar-refractivity contribution in [3.8, 4) is 0 Å². The number of carbonyl (C=O) groups excluding carboxylic acids is 1. The number of nitrogens with zero attached hydrogens (tertiary/aromatic N) is 2. The minimum Gasteiger partial charge on any atom is -0.422 e. The lowest BCUT2D eigenvalue weighted by atomic mass is 9.97. The standard InChI is InChI=1S/C26H20N2O3S/c29-25(20-15-19-18-6-2-1-5-16(18)9-10-22(19)31-26(20)30)28-13-11-17(12-14-28)24-27-21-7-3-4-8-23(21)32-24/h1-10,15,17H,11-14H2. The van der Waals surface area contributed by atoms with Gasteiger partial charge in [-0.05, 0) is 47.9 Å². The molecule has 0 saturated carbocycles. The Bertz CT molecular complexity index is 1510. The molecule has 32 heavy (non-hydrogen) atoms. The van der Waals surface area contributed by atoms with Crippen LogP contribution in [0.2, 0.25) is 0 Å². The normalized spacial score (nSPS) is 15.1. The lowest BCUT2D eigenvalue weighted by molar-refractivity contribution is 0.0709. The van der Waals surface area contributed by atoms with Crippen molar-refractivity contribution < 1.29 is 9.21 Å². The highest BCUT2D eigenvalue weighted by Crippen LogP contribution is 2.34. The smallest absolute Gasteiger partial charge is 0.349 e. The molecule has 5 aromatic rings. The highest BCUT2D eigenvalue weighted by atomic mass is 32.1. The number of fused-ring (bicyclic) bond motifs is 4. The third kappa shape index (κ3) is 3.19. The summed E-state index contributed by atoms with van der Waals surface area (Å²) in [6.07, 6.45) is 1.68. The van der Waals surface area contributed by atoms with E-state index in [0.717, 1.165) is 39.5 Å². The molecule has 6 heteroatoms. The second-order valence-electron chi connectivity index (χ2n) is 8.23. The molecule has 1 fully saturated rings. The van der Waals surface area contributed by atoms with Gasteiger partial charge in [0.2, 0.25) is 0 Å². The summed E-state index contributed by atoms with van der Waals surface area (Å²) < 4.78 is 6.72. The van der Waals surface area contributed by atoms with Crippen molar-refractivity contribution in [2.24, 2.45) is 0 Å². The maximum absolute atomic E-state index is 13.2. The molecule has 1 aliphatic heterocycles. The number of aromatic nitrogens is 1. The molecule has 3 aromatic carbocycles. The Hall–Kier alpha value is -3.51. The van der Waals surface area contributed by atoms with Crippen LogP contribution in [0.15, 0.2) is 75.9 Å². The largest absolute Gasteiger partial charge is 0.422 e. The first-order valence-electron chi connectivity index (χ1n) is 10.8. The van der Waals surface area contributed by atoms with Gasteiger partial charge < -0.3 is 9.32 Å². The predicted octanol–water partition coefficient (Wildman–Crippen LogP) is 5.58. The van der Waals surface area contributed by atoms with Gasteiger partial charge in [0.05, 0.1) is 15.2 Å². The topological polar surface area (TPSA) is 63.4 Å².